The monoisotopic (exact) mass is 342 g/mol. The molecule has 1 aromatic carbocycles. The average molecular weight is 343 g/mol. The molecule has 0 aliphatic carbocycles. The molecule has 0 saturated heterocycles. The van der Waals surface area contributed by atoms with E-state index in [1.165, 1.54) is 5.56 Å². The molecular formula is C16H30NiP2. The molecule has 19 heavy (non-hydrogen) atoms. The van der Waals surface area contributed by atoms with Crippen molar-refractivity contribution >= 4 is 15.8 Å². The van der Waals surface area contributed by atoms with Crippen LogP contribution in [0.5, 0.6) is 0 Å². The molecule has 0 nitrogen and oxygen atoms in total. The maximum absolute atomic E-state index is 4.02. The molecule has 0 aliphatic heterocycles. The van der Waals surface area contributed by atoms with E-state index in [2.05, 4.69) is 72.9 Å². The van der Waals surface area contributed by atoms with Gasteiger partial charge in [-0.25, -0.2) is 0 Å². The summed E-state index contributed by atoms with van der Waals surface area (Å²) in [6, 6.07) is 11.0. The minimum atomic E-state index is 0. The number of rotatable bonds is 1. The minimum absolute atomic E-state index is 0. The van der Waals surface area contributed by atoms with Gasteiger partial charge in [-0.3, -0.25) is 0 Å². The summed E-state index contributed by atoms with van der Waals surface area (Å²) in [5.74, 6) is 0. The van der Waals surface area contributed by atoms with E-state index in [9.17, 15) is 0 Å². The molecule has 0 fully saturated rings. The van der Waals surface area contributed by atoms with Crippen LogP contribution in [-0.2, 0) is 21.9 Å². The van der Waals surface area contributed by atoms with E-state index in [0.29, 0.717) is 15.8 Å². The second-order valence-electron chi connectivity index (χ2n) is 5.86. The summed E-state index contributed by atoms with van der Waals surface area (Å²) in [5.41, 5.74) is 1.24. The first-order valence-corrected chi connectivity index (χ1v) is 11.5. The van der Waals surface area contributed by atoms with Gasteiger partial charge >= 0.3 is 16.5 Å². The van der Waals surface area contributed by atoms with E-state index in [0.717, 1.165) is 0 Å². The van der Waals surface area contributed by atoms with Gasteiger partial charge < -0.3 is 6.92 Å². The summed E-state index contributed by atoms with van der Waals surface area (Å²) in [4.78, 5) is 0. The normalized spacial score (nSPS) is 9.84. The molecule has 0 heterocycles. The minimum Gasteiger partial charge on any atom is -0.345 e. The zero-order chi connectivity index (χ0) is 14.8. The van der Waals surface area contributed by atoms with E-state index >= 15 is 0 Å². The molecule has 3 heteroatoms. The molecule has 0 amide bonds. The number of hydrogen-bond donors (Lipinski definition) is 0. The van der Waals surface area contributed by atoms with Crippen molar-refractivity contribution in [2.24, 2.45) is 0 Å². The van der Waals surface area contributed by atoms with Crippen LogP contribution in [0.4, 0.5) is 0 Å². The molecule has 1 rings (SSSR count). The Morgan fingerprint density at radius 3 is 1.53 bits per heavy atom. The molecule has 0 aromatic heterocycles. The van der Waals surface area contributed by atoms with E-state index < -0.39 is 0 Å². The van der Waals surface area contributed by atoms with Gasteiger partial charge in [-0.05, 0) is 40.0 Å². The fraction of sp³-hybridized carbons (Fsp3) is 0.562. The summed E-state index contributed by atoms with van der Waals surface area (Å²) in [7, 11) is 0.759. The Morgan fingerprint density at radius 1 is 1.00 bits per heavy atom. The van der Waals surface area contributed by atoms with Gasteiger partial charge in [0.2, 0.25) is 0 Å². The Labute approximate surface area is 134 Å². The molecule has 0 spiro atoms. The Balaban J connectivity index is -0.000000242. The van der Waals surface area contributed by atoms with Gasteiger partial charge in [0, 0.05) is 0 Å². The third kappa shape index (κ3) is 24.0. The van der Waals surface area contributed by atoms with Gasteiger partial charge in [0.1, 0.15) is 0 Å². The quantitative estimate of drug-likeness (QED) is 0.368. The zero-order valence-corrected chi connectivity index (χ0v) is 16.5. The van der Waals surface area contributed by atoms with Crippen molar-refractivity contribution in [3.63, 3.8) is 0 Å². The van der Waals surface area contributed by atoms with E-state index in [1.54, 1.807) is 0 Å². The summed E-state index contributed by atoms with van der Waals surface area (Å²) >= 11 is 0. The smallest absolute Gasteiger partial charge is 0.345 e. The molecule has 0 unspecified atom stereocenters. The molecule has 114 valence electrons. The van der Waals surface area contributed by atoms with Crippen LogP contribution in [0.2, 0.25) is 0 Å². The van der Waals surface area contributed by atoms with Crippen molar-refractivity contribution in [2.75, 3.05) is 40.0 Å². The van der Waals surface area contributed by atoms with Crippen molar-refractivity contribution in [3.8, 4) is 0 Å². The predicted molar refractivity (Wildman–Crippen MR) is 93.0 cm³/mol. The maximum atomic E-state index is 4.02. The molecule has 0 bridgehead atoms. The Bertz CT molecular complexity index is 265. The molecule has 0 saturated carbocycles. The van der Waals surface area contributed by atoms with Crippen LogP contribution in [-0.4, -0.2) is 40.0 Å². The molecule has 1 aromatic rings. The predicted octanol–water partition coefficient (Wildman–Crippen LogP) is 5.31. The summed E-state index contributed by atoms with van der Waals surface area (Å²) < 4.78 is 0. The van der Waals surface area contributed by atoms with Crippen LogP contribution in [0, 0.1) is 13.0 Å². The molecule has 0 radical (unpaired) electrons. The fourth-order valence-corrected chi connectivity index (χ4v) is 0.814. The third-order valence-corrected chi connectivity index (χ3v) is 1.49. The van der Waals surface area contributed by atoms with Gasteiger partial charge in [-0.1, -0.05) is 13.8 Å². The number of hydrogen-bond acceptors (Lipinski definition) is 0. The van der Waals surface area contributed by atoms with Gasteiger partial charge in [0.05, 0.1) is 0 Å². The van der Waals surface area contributed by atoms with Crippen LogP contribution in [0.3, 0.4) is 0 Å². The Hall–Kier alpha value is 0.574. The van der Waals surface area contributed by atoms with Crippen LogP contribution >= 0.6 is 15.8 Å². The Morgan fingerprint density at radius 2 is 1.37 bits per heavy atom. The van der Waals surface area contributed by atoms with Gasteiger partial charge in [0.25, 0.3) is 0 Å². The van der Waals surface area contributed by atoms with Crippen molar-refractivity contribution in [1.29, 1.82) is 0 Å². The standard InChI is InChI=1S/C10H12.2C3H9P.Ni/c1-10(2,3)9-7-5-4-6-8-9;2*1-4(2)3;/h4-5,7-8H,1H2,2-3H3;2*1-3H3;/q-2;;;+2. The molecular weight excluding hydrogens is 313 g/mol. The van der Waals surface area contributed by atoms with Crippen molar-refractivity contribution in [2.45, 2.75) is 19.3 Å². The van der Waals surface area contributed by atoms with Crippen LogP contribution in [0.25, 0.3) is 0 Å². The first kappa shape index (κ1) is 24.6. The summed E-state index contributed by atoms with van der Waals surface area (Å²) in [6.45, 7) is 21.6. The van der Waals surface area contributed by atoms with Crippen molar-refractivity contribution in [1.82, 2.24) is 0 Å². The first-order chi connectivity index (χ1) is 8.07. The fourth-order valence-electron chi connectivity index (χ4n) is 0.814. The molecule has 0 atom stereocenters. The Kier molecular flexibility index (Phi) is 17.5. The van der Waals surface area contributed by atoms with Crippen molar-refractivity contribution in [3.05, 3.63) is 42.8 Å². The van der Waals surface area contributed by atoms with Crippen LogP contribution < -0.4 is 0 Å². The van der Waals surface area contributed by atoms with E-state index in [1.807, 2.05) is 18.2 Å². The average Bonchev–Trinajstić information content (AvgIpc) is 2.16. The largest absolute Gasteiger partial charge is 2.00 e. The summed E-state index contributed by atoms with van der Waals surface area (Å²) in [5, 5.41) is 0. The third-order valence-electron chi connectivity index (χ3n) is 1.49. The van der Waals surface area contributed by atoms with E-state index in [-0.39, 0.29) is 21.9 Å². The second kappa shape index (κ2) is 13.6. The molecule has 0 N–H and O–H groups in total. The molecule has 0 aliphatic rings. The van der Waals surface area contributed by atoms with Crippen molar-refractivity contribution < 1.29 is 16.5 Å². The van der Waals surface area contributed by atoms with Gasteiger partial charge in [-0.15, -0.1) is 15.8 Å². The van der Waals surface area contributed by atoms with Gasteiger partial charge in [0.15, 0.2) is 0 Å². The van der Waals surface area contributed by atoms with Crippen LogP contribution in [0.1, 0.15) is 19.4 Å². The topological polar surface area (TPSA) is 0 Å². The summed E-state index contributed by atoms with van der Waals surface area (Å²) in [6.07, 6.45) is 0. The van der Waals surface area contributed by atoms with Gasteiger partial charge in [-0.2, -0.15) is 41.3 Å². The SMILES string of the molecule is CP(C)C.CP(C)C.[CH2-]C(C)(C)c1c[c-]ccc1.[Ni+2]. The van der Waals surface area contributed by atoms with Crippen LogP contribution in [0.15, 0.2) is 24.3 Å². The first-order valence-electron chi connectivity index (χ1n) is 6.11. The zero-order valence-electron chi connectivity index (χ0n) is 13.7. The number of benzene rings is 1. The second-order valence-corrected chi connectivity index (χ2v) is 11.2. The van der Waals surface area contributed by atoms with E-state index in [4.69, 9.17) is 0 Å². The maximum Gasteiger partial charge on any atom is 2.00 e.